The van der Waals surface area contributed by atoms with Crippen LogP contribution in [0, 0.1) is 17.2 Å². The molecule has 1 aliphatic rings. The molecular weight excluding hydrogens is 376 g/mol. The highest BCUT2D eigenvalue weighted by Crippen LogP contribution is 2.23. The molecule has 2 atom stereocenters. The van der Waals surface area contributed by atoms with Crippen molar-refractivity contribution in [3.63, 3.8) is 0 Å². The molecule has 28 heavy (non-hydrogen) atoms. The van der Waals surface area contributed by atoms with Crippen molar-refractivity contribution in [2.24, 2.45) is 5.92 Å². The van der Waals surface area contributed by atoms with E-state index in [9.17, 15) is 18.5 Å². The van der Waals surface area contributed by atoms with Gasteiger partial charge in [-0.1, -0.05) is 26.0 Å². The first-order valence-electron chi connectivity index (χ1n) is 9.76. The SMILES string of the molecule is CN[C@@H](CC(C)C)C(=O)NC1CCCN(S(=O)(=O)c2ccccc2C#N)CC1. The van der Waals surface area contributed by atoms with Crippen LogP contribution in [0.3, 0.4) is 0 Å². The molecule has 0 saturated carbocycles. The fourth-order valence-electron chi connectivity index (χ4n) is 3.51. The first-order chi connectivity index (χ1) is 13.3. The number of amides is 1. The molecule has 0 radical (unpaired) electrons. The first kappa shape index (κ1) is 22.3. The van der Waals surface area contributed by atoms with Gasteiger partial charge in [0.1, 0.15) is 6.07 Å². The summed E-state index contributed by atoms with van der Waals surface area (Å²) in [7, 11) is -1.95. The van der Waals surface area contributed by atoms with E-state index in [1.54, 1.807) is 19.2 Å². The summed E-state index contributed by atoms with van der Waals surface area (Å²) in [5.74, 6) is 0.366. The second-order valence-corrected chi connectivity index (χ2v) is 9.53. The third-order valence-corrected chi connectivity index (χ3v) is 6.99. The van der Waals surface area contributed by atoms with Gasteiger partial charge in [-0.05, 0) is 50.8 Å². The minimum Gasteiger partial charge on any atom is -0.352 e. The van der Waals surface area contributed by atoms with Gasteiger partial charge >= 0.3 is 0 Å². The fourth-order valence-corrected chi connectivity index (χ4v) is 5.14. The van der Waals surface area contributed by atoms with Gasteiger partial charge in [0.2, 0.25) is 15.9 Å². The predicted octanol–water partition coefficient (Wildman–Crippen LogP) is 1.85. The molecule has 1 fully saturated rings. The molecule has 1 aromatic carbocycles. The van der Waals surface area contributed by atoms with Crippen molar-refractivity contribution >= 4 is 15.9 Å². The third-order valence-electron chi connectivity index (χ3n) is 5.03. The van der Waals surface area contributed by atoms with Crippen molar-refractivity contribution < 1.29 is 13.2 Å². The Morgan fingerprint density at radius 1 is 1.29 bits per heavy atom. The largest absolute Gasteiger partial charge is 0.352 e. The number of nitrogens with one attached hydrogen (secondary N) is 2. The summed E-state index contributed by atoms with van der Waals surface area (Å²) in [4.78, 5) is 12.6. The van der Waals surface area contributed by atoms with Crippen molar-refractivity contribution in [1.29, 1.82) is 5.26 Å². The minimum atomic E-state index is -3.73. The van der Waals surface area contributed by atoms with Gasteiger partial charge in [-0.3, -0.25) is 4.79 Å². The van der Waals surface area contributed by atoms with Crippen LogP contribution in [-0.4, -0.2) is 50.9 Å². The Morgan fingerprint density at radius 2 is 2.00 bits per heavy atom. The number of sulfonamides is 1. The smallest absolute Gasteiger partial charge is 0.244 e. The van der Waals surface area contributed by atoms with E-state index in [0.717, 1.165) is 12.8 Å². The monoisotopic (exact) mass is 406 g/mol. The van der Waals surface area contributed by atoms with Gasteiger partial charge in [0.05, 0.1) is 16.5 Å². The van der Waals surface area contributed by atoms with E-state index in [2.05, 4.69) is 24.5 Å². The Labute approximate surface area is 168 Å². The van der Waals surface area contributed by atoms with Gasteiger partial charge in [0, 0.05) is 19.1 Å². The van der Waals surface area contributed by atoms with E-state index in [1.807, 2.05) is 6.07 Å². The standard InChI is InChI=1S/C20H30N4O3S/c1-15(2)13-18(22-3)20(25)23-17-8-6-11-24(12-10-17)28(26,27)19-9-5-4-7-16(19)14-21/h4-5,7,9,15,17-18,22H,6,8,10-13H2,1-3H3,(H,23,25)/t17?,18-/m0/s1. The number of benzene rings is 1. The third kappa shape index (κ3) is 5.53. The van der Waals surface area contributed by atoms with Crippen LogP contribution in [0.2, 0.25) is 0 Å². The molecule has 2 N–H and O–H groups in total. The van der Waals surface area contributed by atoms with Gasteiger partial charge in [-0.25, -0.2) is 8.42 Å². The Bertz CT molecular complexity index is 817. The average molecular weight is 407 g/mol. The van der Waals surface area contributed by atoms with E-state index in [0.29, 0.717) is 31.8 Å². The van der Waals surface area contributed by atoms with E-state index in [1.165, 1.54) is 16.4 Å². The highest BCUT2D eigenvalue weighted by molar-refractivity contribution is 7.89. The molecule has 2 rings (SSSR count). The van der Waals surface area contributed by atoms with E-state index in [-0.39, 0.29) is 28.4 Å². The van der Waals surface area contributed by atoms with Crippen molar-refractivity contribution in [1.82, 2.24) is 14.9 Å². The van der Waals surface area contributed by atoms with Crippen LogP contribution in [0.5, 0.6) is 0 Å². The molecule has 1 aliphatic heterocycles. The maximum Gasteiger partial charge on any atom is 0.244 e. The van der Waals surface area contributed by atoms with E-state index in [4.69, 9.17) is 0 Å². The van der Waals surface area contributed by atoms with Crippen LogP contribution < -0.4 is 10.6 Å². The lowest BCUT2D eigenvalue weighted by molar-refractivity contribution is -0.124. The lowest BCUT2D eigenvalue weighted by atomic mass is 10.0. The second kappa shape index (κ2) is 10.0. The molecule has 1 saturated heterocycles. The Kier molecular flexibility index (Phi) is 7.98. The number of carbonyl (C=O) groups is 1. The van der Waals surface area contributed by atoms with Crippen LogP contribution in [0.15, 0.2) is 29.2 Å². The topological polar surface area (TPSA) is 102 Å². The molecule has 0 bridgehead atoms. The van der Waals surface area contributed by atoms with Gasteiger partial charge in [0.25, 0.3) is 0 Å². The molecule has 0 aromatic heterocycles. The van der Waals surface area contributed by atoms with Crippen LogP contribution in [0.25, 0.3) is 0 Å². The number of nitrogens with zero attached hydrogens (tertiary/aromatic N) is 2. The highest BCUT2D eigenvalue weighted by Gasteiger charge is 2.30. The van der Waals surface area contributed by atoms with Crippen molar-refractivity contribution in [3.05, 3.63) is 29.8 Å². The molecule has 7 nitrogen and oxygen atoms in total. The van der Waals surface area contributed by atoms with Crippen LogP contribution in [0.4, 0.5) is 0 Å². The van der Waals surface area contributed by atoms with E-state index < -0.39 is 10.0 Å². The molecule has 8 heteroatoms. The molecule has 154 valence electrons. The van der Waals surface area contributed by atoms with Crippen molar-refractivity contribution in [2.45, 2.75) is 56.5 Å². The molecule has 1 unspecified atom stereocenters. The number of hydrogen-bond donors (Lipinski definition) is 2. The lowest BCUT2D eigenvalue weighted by Gasteiger charge is -2.23. The zero-order valence-corrected chi connectivity index (χ0v) is 17.6. The Morgan fingerprint density at radius 3 is 2.64 bits per heavy atom. The molecule has 1 aromatic rings. The summed E-state index contributed by atoms with van der Waals surface area (Å²) in [6.07, 6.45) is 2.70. The molecule has 1 amide bonds. The summed E-state index contributed by atoms with van der Waals surface area (Å²) in [5, 5.41) is 15.4. The summed E-state index contributed by atoms with van der Waals surface area (Å²) >= 11 is 0. The zero-order chi connectivity index (χ0) is 20.7. The first-order valence-corrected chi connectivity index (χ1v) is 11.2. The predicted molar refractivity (Wildman–Crippen MR) is 108 cm³/mol. The molecule has 0 aliphatic carbocycles. The Balaban J connectivity index is 2.05. The minimum absolute atomic E-state index is 0.0349. The average Bonchev–Trinajstić information content (AvgIpc) is 2.91. The number of carbonyl (C=O) groups excluding carboxylic acids is 1. The molecular formula is C20H30N4O3S. The van der Waals surface area contributed by atoms with Gasteiger partial charge in [0.15, 0.2) is 0 Å². The Hall–Kier alpha value is -1.95. The van der Waals surface area contributed by atoms with Crippen LogP contribution >= 0.6 is 0 Å². The highest BCUT2D eigenvalue weighted by atomic mass is 32.2. The van der Waals surface area contributed by atoms with E-state index >= 15 is 0 Å². The maximum atomic E-state index is 13.0. The summed E-state index contributed by atoms with van der Waals surface area (Å²) in [6, 6.07) is 7.93. The van der Waals surface area contributed by atoms with Gasteiger partial charge in [-0.15, -0.1) is 0 Å². The molecule has 0 spiro atoms. The van der Waals surface area contributed by atoms with Gasteiger partial charge in [-0.2, -0.15) is 9.57 Å². The quantitative estimate of drug-likeness (QED) is 0.719. The summed E-state index contributed by atoms with van der Waals surface area (Å²) in [6.45, 7) is 4.85. The second-order valence-electron chi connectivity index (χ2n) is 7.62. The summed E-state index contributed by atoms with van der Waals surface area (Å²) < 4.78 is 27.4. The fraction of sp³-hybridized carbons (Fsp3) is 0.600. The van der Waals surface area contributed by atoms with Crippen molar-refractivity contribution in [2.75, 3.05) is 20.1 Å². The number of nitriles is 1. The number of hydrogen-bond acceptors (Lipinski definition) is 5. The number of rotatable bonds is 7. The van der Waals surface area contributed by atoms with Crippen LogP contribution in [-0.2, 0) is 14.8 Å². The lowest BCUT2D eigenvalue weighted by Crippen LogP contribution is -2.47. The van der Waals surface area contributed by atoms with Crippen molar-refractivity contribution in [3.8, 4) is 6.07 Å². The van der Waals surface area contributed by atoms with Gasteiger partial charge < -0.3 is 10.6 Å². The normalized spacial score (nSPS) is 19.6. The summed E-state index contributed by atoms with van der Waals surface area (Å²) in [5.41, 5.74) is 0.155. The molecule has 1 heterocycles. The number of likely N-dealkylation sites (N-methyl/N-ethyl adjacent to an activating group) is 1. The maximum absolute atomic E-state index is 13.0. The van der Waals surface area contributed by atoms with Crippen LogP contribution in [0.1, 0.15) is 45.1 Å². The zero-order valence-electron chi connectivity index (χ0n) is 16.8.